The second-order valence-electron chi connectivity index (χ2n) is 12.2. The third-order valence-electron chi connectivity index (χ3n) is 7.52. The van der Waals surface area contributed by atoms with Gasteiger partial charge in [0.25, 0.3) is 0 Å². The van der Waals surface area contributed by atoms with Crippen LogP contribution in [0.15, 0.2) is 63.8 Å². The Hall–Kier alpha value is -5.40. The first kappa shape index (κ1) is 37.1. The quantitative estimate of drug-likeness (QED) is 0.0550. The van der Waals surface area contributed by atoms with E-state index in [-0.39, 0.29) is 37.4 Å². The van der Waals surface area contributed by atoms with Gasteiger partial charge in [-0.15, -0.1) is 0 Å². The number of ether oxygens (including phenoxy) is 1. The Morgan fingerprint density at radius 3 is 2.17 bits per heavy atom. The molecule has 1 aromatic heterocycles. The monoisotopic (exact) mass is 663 g/mol. The number of nitrogens with one attached hydrogen (secondary N) is 6. The number of carbonyl (C=O) groups excluding carboxylic acids is 4. The van der Waals surface area contributed by atoms with Crippen molar-refractivity contribution in [3.63, 3.8) is 0 Å². The maximum absolute atomic E-state index is 13.6. The molecule has 0 aliphatic heterocycles. The first-order valence-corrected chi connectivity index (χ1v) is 15.8. The second kappa shape index (κ2) is 17.5. The number of rotatable bonds is 15. The summed E-state index contributed by atoms with van der Waals surface area (Å²) in [7, 11) is 0. The molecule has 1 heterocycles. The van der Waals surface area contributed by atoms with Gasteiger partial charge in [0, 0.05) is 29.8 Å². The van der Waals surface area contributed by atoms with Crippen molar-refractivity contribution in [2.24, 2.45) is 17.6 Å². The summed E-state index contributed by atoms with van der Waals surface area (Å²) < 4.78 is 10.6. The van der Waals surface area contributed by atoms with Crippen molar-refractivity contribution >= 4 is 46.4 Å². The highest BCUT2D eigenvalue weighted by Gasteiger charge is 2.32. The first-order chi connectivity index (χ1) is 22.7. The predicted molar refractivity (Wildman–Crippen MR) is 182 cm³/mol. The van der Waals surface area contributed by atoms with Crippen LogP contribution in [0.1, 0.15) is 51.7 Å². The van der Waals surface area contributed by atoms with Gasteiger partial charge in [-0.05, 0) is 54.9 Å². The van der Waals surface area contributed by atoms with Crippen LogP contribution in [-0.4, -0.2) is 54.4 Å². The standard InChI is InChI=1S/C34H45N7O7/c1-19(2)28(40-32(45)29(20(3)4)41-34(46)47-18-22-10-7-6-8-11-22)31(44)39-25(12-9-15-37-33(35)36)30(43)38-23-13-14-24-21(5)16-27(42)48-26(24)17-23/h6-8,10-11,13-14,16-17,19-20,25,28-29H,9,12,15,18H2,1-5H3,(H,38,43)(H,39,44)(H,40,45)(H,41,46)(H4,35,36,37)/t25-,28-,29-/m0/s1. The highest BCUT2D eigenvalue weighted by molar-refractivity contribution is 6.00. The third kappa shape index (κ3) is 11.1. The number of nitrogens with two attached hydrogens (primary N) is 1. The fourth-order valence-corrected chi connectivity index (χ4v) is 4.90. The van der Waals surface area contributed by atoms with Crippen molar-refractivity contribution in [1.29, 1.82) is 5.41 Å². The van der Waals surface area contributed by atoms with E-state index in [4.69, 9.17) is 20.3 Å². The summed E-state index contributed by atoms with van der Waals surface area (Å²) >= 11 is 0. The summed E-state index contributed by atoms with van der Waals surface area (Å²) in [4.78, 5) is 64.9. The van der Waals surface area contributed by atoms with Crippen molar-refractivity contribution in [3.8, 4) is 0 Å². The van der Waals surface area contributed by atoms with Crippen LogP contribution in [0.4, 0.5) is 10.5 Å². The number of anilines is 1. The highest BCUT2D eigenvalue weighted by Crippen LogP contribution is 2.21. The third-order valence-corrected chi connectivity index (χ3v) is 7.52. The molecular weight excluding hydrogens is 618 g/mol. The summed E-state index contributed by atoms with van der Waals surface area (Å²) in [5.41, 5.74) is 7.01. The lowest BCUT2D eigenvalue weighted by molar-refractivity contribution is -0.133. The largest absolute Gasteiger partial charge is 0.445 e. The molecule has 2 aromatic carbocycles. The molecule has 0 aliphatic carbocycles. The maximum atomic E-state index is 13.6. The Labute approximate surface area is 279 Å². The lowest BCUT2D eigenvalue weighted by Crippen LogP contribution is -2.58. The molecule has 14 heteroatoms. The van der Waals surface area contributed by atoms with Crippen LogP contribution in [0.5, 0.6) is 0 Å². The minimum absolute atomic E-state index is 0.0226. The smallest absolute Gasteiger partial charge is 0.408 e. The van der Waals surface area contributed by atoms with Crippen LogP contribution >= 0.6 is 0 Å². The Balaban J connectivity index is 1.72. The minimum Gasteiger partial charge on any atom is -0.445 e. The van der Waals surface area contributed by atoms with Gasteiger partial charge >= 0.3 is 11.7 Å². The number of hydrogen-bond acceptors (Lipinski definition) is 8. The molecule has 258 valence electrons. The number of hydrogen-bond donors (Lipinski definition) is 7. The Morgan fingerprint density at radius 2 is 1.52 bits per heavy atom. The number of carbonyl (C=O) groups is 4. The van der Waals surface area contributed by atoms with Crippen LogP contribution in [0.2, 0.25) is 0 Å². The van der Waals surface area contributed by atoms with Crippen molar-refractivity contribution < 1.29 is 28.3 Å². The van der Waals surface area contributed by atoms with E-state index in [0.29, 0.717) is 23.1 Å². The van der Waals surface area contributed by atoms with E-state index in [1.807, 2.05) is 18.2 Å². The van der Waals surface area contributed by atoms with Gasteiger partial charge in [0.1, 0.15) is 30.3 Å². The molecule has 0 aliphatic rings. The first-order valence-electron chi connectivity index (χ1n) is 15.8. The molecule has 0 saturated heterocycles. The summed E-state index contributed by atoms with van der Waals surface area (Å²) in [6.45, 7) is 9.07. The fourth-order valence-electron chi connectivity index (χ4n) is 4.90. The molecule has 3 rings (SSSR count). The van der Waals surface area contributed by atoms with Crippen LogP contribution < -0.4 is 37.9 Å². The van der Waals surface area contributed by atoms with E-state index in [0.717, 1.165) is 11.1 Å². The number of benzene rings is 2. The van der Waals surface area contributed by atoms with Crippen molar-refractivity contribution in [2.45, 2.75) is 72.2 Å². The average molecular weight is 664 g/mol. The minimum atomic E-state index is -1.05. The van der Waals surface area contributed by atoms with E-state index in [2.05, 4.69) is 26.6 Å². The van der Waals surface area contributed by atoms with E-state index in [1.165, 1.54) is 12.1 Å². The van der Waals surface area contributed by atoms with Gasteiger partial charge in [-0.25, -0.2) is 9.59 Å². The van der Waals surface area contributed by atoms with Gasteiger partial charge < -0.3 is 41.5 Å². The van der Waals surface area contributed by atoms with Gasteiger partial charge in [0.05, 0.1) is 0 Å². The van der Waals surface area contributed by atoms with Crippen LogP contribution in [0.3, 0.4) is 0 Å². The number of alkyl carbamates (subject to hydrolysis) is 1. The number of amides is 4. The molecule has 14 nitrogen and oxygen atoms in total. The summed E-state index contributed by atoms with van der Waals surface area (Å²) in [6.07, 6.45) is -0.244. The number of guanidine groups is 1. The van der Waals surface area contributed by atoms with Gasteiger partial charge in [0.2, 0.25) is 17.7 Å². The van der Waals surface area contributed by atoms with Crippen LogP contribution in [0.25, 0.3) is 11.0 Å². The molecule has 0 spiro atoms. The molecule has 0 fully saturated rings. The number of aryl methyl sites for hydroxylation is 1. The normalized spacial score (nSPS) is 12.9. The van der Waals surface area contributed by atoms with E-state index >= 15 is 0 Å². The van der Waals surface area contributed by atoms with Crippen LogP contribution in [0, 0.1) is 24.2 Å². The van der Waals surface area contributed by atoms with Crippen molar-refractivity contribution in [1.82, 2.24) is 21.3 Å². The van der Waals surface area contributed by atoms with Crippen molar-refractivity contribution in [2.75, 3.05) is 11.9 Å². The van der Waals surface area contributed by atoms with Crippen LogP contribution in [-0.2, 0) is 25.7 Å². The summed E-state index contributed by atoms with van der Waals surface area (Å²) in [5, 5.41) is 21.6. The molecule has 0 radical (unpaired) electrons. The molecule has 3 atom stereocenters. The fraction of sp³-hybridized carbons (Fsp3) is 0.412. The van der Waals surface area contributed by atoms with Gasteiger partial charge in [-0.3, -0.25) is 19.8 Å². The zero-order valence-electron chi connectivity index (χ0n) is 27.8. The SMILES string of the molecule is Cc1cc(=O)oc2cc(NC(=O)[C@H](CCCNC(=N)N)NC(=O)[C@@H](NC(=O)[C@@H](NC(=O)OCc3ccccc3)C(C)C)C(C)C)ccc12. The van der Waals surface area contributed by atoms with E-state index in [9.17, 15) is 24.0 Å². The zero-order valence-corrected chi connectivity index (χ0v) is 27.8. The molecule has 0 bridgehead atoms. The molecule has 0 unspecified atom stereocenters. The Bertz CT molecular complexity index is 1660. The maximum Gasteiger partial charge on any atom is 0.408 e. The molecule has 4 amide bonds. The molecule has 0 saturated carbocycles. The zero-order chi connectivity index (χ0) is 35.4. The van der Waals surface area contributed by atoms with Gasteiger partial charge in [0.15, 0.2) is 5.96 Å². The summed E-state index contributed by atoms with van der Waals surface area (Å²) in [6, 6.07) is 12.3. The molecule has 48 heavy (non-hydrogen) atoms. The average Bonchev–Trinajstić information content (AvgIpc) is 3.02. The Kier molecular flexibility index (Phi) is 13.5. The Morgan fingerprint density at radius 1 is 0.875 bits per heavy atom. The van der Waals surface area contributed by atoms with E-state index in [1.54, 1.807) is 58.9 Å². The topological polar surface area (TPSA) is 218 Å². The highest BCUT2D eigenvalue weighted by atomic mass is 16.5. The summed E-state index contributed by atoms with van der Waals surface area (Å²) in [5.74, 6) is -2.69. The molecular formula is C34H45N7O7. The van der Waals surface area contributed by atoms with Crippen molar-refractivity contribution in [3.05, 3.63) is 76.1 Å². The molecule has 8 N–H and O–H groups in total. The van der Waals surface area contributed by atoms with Gasteiger partial charge in [-0.2, -0.15) is 0 Å². The van der Waals surface area contributed by atoms with Gasteiger partial charge in [-0.1, -0.05) is 58.0 Å². The van der Waals surface area contributed by atoms with E-state index < -0.39 is 47.6 Å². The number of fused-ring (bicyclic) bond motifs is 1. The predicted octanol–water partition coefficient (Wildman–Crippen LogP) is 2.88. The lowest BCUT2D eigenvalue weighted by atomic mass is 9.99. The second-order valence-corrected chi connectivity index (χ2v) is 12.2. The molecule has 3 aromatic rings. The lowest BCUT2D eigenvalue weighted by Gasteiger charge is -2.28.